The zero-order valence-electron chi connectivity index (χ0n) is 30.8. The second kappa shape index (κ2) is 13.3. The van der Waals surface area contributed by atoms with Crippen molar-refractivity contribution in [3.63, 3.8) is 0 Å². The minimum absolute atomic E-state index is 0.00128. The molecular weight excluding hydrogens is 682 g/mol. The minimum atomic E-state index is -0.719. The Morgan fingerprint density at radius 3 is 1.38 bits per heavy atom. The summed E-state index contributed by atoms with van der Waals surface area (Å²) < 4.78 is 0. The van der Waals surface area contributed by atoms with Crippen LogP contribution in [0.25, 0.3) is 11.1 Å². The van der Waals surface area contributed by atoms with Crippen molar-refractivity contribution in [3.8, 4) is 0 Å². The van der Waals surface area contributed by atoms with Crippen LogP contribution in [0.2, 0.25) is 0 Å². The third-order valence-corrected chi connectivity index (χ3v) is 20.1. The molecule has 4 nitrogen and oxygen atoms in total. The van der Waals surface area contributed by atoms with Crippen LogP contribution in [0.4, 0.5) is 0 Å². The molecule has 270 valence electrons. The molecular formula is C47H52N4P2. The molecule has 6 heteroatoms. The van der Waals surface area contributed by atoms with E-state index in [1.807, 2.05) is 36.9 Å². The van der Waals surface area contributed by atoms with Gasteiger partial charge in [-0.05, 0) is 169 Å². The highest BCUT2D eigenvalue weighted by Crippen LogP contribution is 2.72. The fraction of sp³-hybridized carbons (Fsp3) is 0.489. The first-order valence-corrected chi connectivity index (χ1v) is 23.0. The van der Waals surface area contributed by atoms with Crippen LogP contribution in [-0.2, 0) is 5.16 Å². The molecule has 2 atom stereocenters. The molecule has 13 rings (SSSR count). The maximum absolute atomic E-state index is 5.02. The summed E-state index contributed by atoms with van der Waals surface area (Å²) in [5, 5.41) is -0.719. The molecule has 2 aromatic heterocycles. The van der Waals surface area contributed by atoms with Crippen molar-refractivity contribution in [2.24, 2.45) is 53.3 Å². The summed E-state index contributed by atoms with van der Waals surface area (Å²) in [5.74, 6) is 9.31. The Morgan fingerprint density at radius 1 is 0.528 bits per heavy atom. The first-order valence-electron chi connectivity index (χ1n) is 20.8. The molecule has 9 aliphatic carbocycles. The zero-order chi connectivity index (χ0) is 35.1. The first kappa shape index (κ1) is 33.3. The van der Waals surface area contributed by atoms with E-state index in [2.05, 4.69) is 76.0 Å². The second-order valence-corrected chi connectivity index (χ2v) is 21.7. The molecule has 4 aromatic rings. The normalized spacial score (nSPS) is 35.9. The summed E-state index contributed by atoms with van der Waals surface area (Å²) in [6.45, 7) is 0. The SMILES string of the molecule is PC(c1ncccn1)(c1ncccn1)C1C=C(c2ccccc2)C(c2ccccc2)=C1CP(C1C2CC3CC(C2)CC1C3)C1C2CC3CC(C2)CC1C3. The lowest BCUT2D eigenvalue weighted by Gasteiger charge is -2.62. The van der Waals surface area contributed by atoms with Crippen LogP contribution in [0.15, 0.2) is 109 Å². The molecule has 0 aliphatic heterocycles. The summed E-state index contributed by atoms with van der Waals surface area (Å²) >= 11 is 0. The summed E-state index contributed by atoms with van der Waals surface area (Å²) in [6.07, 6.45) is 26.5. The van der Waals surface area contributed by atoms with Crippen LogP contribution in [0.1, 0.15) is 87.0 Å². The highest BCUT2D eigenvalue weighted by molar-refractivity contribution is 7.59. The molecule has 0 spiro atoms. The van der Waals surface area contributed by atoms with Crippen LogP contribution in [0.5, 0.6) is 0 Å². The second-order valence-electron chi connectivity index (χ2n) is 18.2. The highest BCUT2D eigenvalue weighted by Gasteiger charge is 2.58. The van der Waals surface area contributed by atoms with E-state index in [1.165, 1.54) is 92.6 Å². The molecule has 0 radical (unpaired) electrons. The van der Waals surface area contributed by atoms with Crippen LogP contribution in [-0.4, -0.2) is 37.4 Å². The van der Waals surface area contributed by atoms with Gasteiger partial charge in [-0.15, -0.1) is 9.24 Å². The smallest absolute Gasteiger partial charge is 0.146 e. The number of nitrogens with zero attached hydrogens (tertiary/aromatic N) is 4. The summed E-state index contributed by atoms with van der Waals surface area (Å²) in [7, 11) is 3.02. The Hall–Kier alpha value is -3.06. The van der Waals surface area contributed by atoms with Gasteiger partial charge in [-0.2, -0.15) is 0 Å². The number of benzene rings is 2. The standard InChI is InChI=1S/C47H52N4P2/c52-47(45-48-13-7-14-49-45,46-50-15-8-16-51-46)41-27-39(33-9-3-1-4-10-33)42(34-11-5-2-6-12-34)40(41)28-53(43-35-19-29-17-30(21-35)22-36(43)20-29)44-37-23-31-18-32(25-37)26-38(44)24-31/h1-16,27,29-32,35-38,41,43-44H,17-26,28,52H2. The summed E-state index contributed by atoms with van der Waals surface area (Å²) in [6, 6.07) is 26.4. The van der Waals surface area contributed by atoms with Gasteiger partial charge >= 0.3 is 0 Å². The first-order chi connectivity index (χ1) is 26.1. The lowest BCUT2D eigenvalue weighted by atomic mass is 9.55. The molecule has 2 unspecified atom stereocenters. The lowest BCUT2D eigenvalue weighted by molar-refractivity contribution is 0.0131. The number of rotatable bonds is 9. The Morgan fingerprint density at radius 2 is 0.943 bits per heavy atom. The molecule has 8 fully saturated rings. The van der Waals surface area contributed by atoms with Crippen LogP contribution < -0.4 is 0 Å². The van der Waals surface area contributed by atoms with Gasteiger partial charge in [0.05, 0.1) is 0 Å². The van der Waals surface area contributed by atoms with Gasteiger partial charge in [-0.3, -0.25) is 0 Å². The summed E-state index contributed by atoms with van der Waals surface area (Å²) in [4.78, 5) is 20.1. The third kappa shape index (κ3) is 5.59. The topological polar surface area (TPSA) is 51.6 Å². The van der Waals surface area contributed by atoms with E-state index in [0.717, 1.165) is 70.3 Å². The average molecular weight is 735 g/mol. The highest BCUT2D eigenvalue weighted by atomic mass is 31.1. The van der Waals surface area contributed by atoms with E-state index in [9.17, 15) is 0 Å². The van der Waals surface area contributed by atoms with Crippen molar-refractivity contribution < 1.29 is 0 Å². The molecule has 8 saturated carbocycles. The number of aromatic nitrogens is 4. The summed E-state index contributed by atoms with van der Waals surface area (Å²) in [5.41, 5.74) is 8.83. The fourth-order valence-corrected chi connectivity index (χ4v) is 19.3. The molecule has 0 saturated heterocycles. The van der Waals surface area contributed by atoms with E-state index < -0.39 is 5.16 Å². The molecule has 53 heavy (non-hydrogen) atoms. The quantitative estimate of drug-likeness (QED) is 0.161. The van der Waals surface area contributed by atoms with Gasteiger partial charge in [0.25, 0.3) is 0 Å². The molecule has 2 heterocycles. The van der Waals surface area contributed by atoms with Gasteiger partial charge in [0.1, 0.15) is 16.8 Å². The van der Waals surface area contributed by atoms with Gasteiger partial charge in [0.15, 0.2) is 0 Å². The number of hydrogen-bond acceptors (Lipinski definition) is 4. The van der Waals surface area contributed by atoms with E-state index in [4.69, 9.17) is 19.9 Å². The van der Waals surface area contributed by atoms with Crippen LogP contribution in [0, 0.1) is 53.3 Å². The monoisotopic (exact) mass is 734 g/mol. The van der Waals surface area contributed by atoms with Gasteiger partial charge < -0.3 is 0 Å². The fourth-order valence-electron chi connectivity index (χ4n) is 14.0. The molecule has 0 N–H and O–H groups in total. The van der Waals surface area contributed by atoms with Crippen molar-refractivity contribution in [1.82, 2.24) is 19.9 Å². The average Bonchev–Trinajstić information content (AvgIpc) is 3.57. The van der Waals surface area contributed by atoms with Crippen molar-refractivity contribution in [1.29, 1.82) is 0 Å². The Labute approximate surface area is 319 Å². The van der Waals surface area contributed by atoms with E-state index in [1.54, 1.807) is 5.57 Å². The van der Waals surface area contributed by atoms with Gasteiger partial charge in [-0.1, -0.05) is 74.7 Å². The number of hydrogen-bond donors (Lipinski definition) is 0. The minimum Gasteiger partial charge on any atom is -0.240 e. The molecule has 9 aliphatic rings. The molecule has 0 amide bonds. The lowest BCUT2D eigenvalue weighted by Crippen LogP contribution is -2.53. The van der Waals surface area contributed by atoms with Gasteiger partial charge in [0.2, 0.25) is 0 Å². The Bertz CT molecular complexity index is 1880. The predicted molar refractivity (Wildman–Crippen MR) is 219 cm³/mol. The van der Waals surface area contributed by atoms with Crippen LogP contribution in [0.3, 0.4) is 0 Å². The van der Waals surface area contributed by atoms with Crippen molar-refractivity contribution in [3.05, 3.63) is 132 Å². The van der Waals surface area contributed by atoms with Crippen molar-refractivity contribution in [2.45, 2.75) is 80.7 Å². The predicted octanol–water partition coefficient (Wildman–Crippen LogP) is 10.7. The largest absolute Gasteiger partial charge is 0.240 e. The van der Waals surface area contributed by atoms with E-state index in [-0.39, 0.29) is 13.8 Å². The number of allylic oxidation sites excluding steroid dienone is 4. The van der Waals surface area contributed by atoms with Crippen LogP contribution >= 0.6 is 17.2 Å². The van der Waals surface area contributed by atoms with Gasteiger partial charge in [-0.25, -0.2) is 19.9 Å². The van der Waals surface area contributed by atoms with Crippen molar-refractivity contribution in [2.75, 3.05) is 6.16 Å². The molecule has 8 bridgehead atoms. The Balaban J connectivity index is 1.13. The van der Waals surface area contributed by atoms with E-state index in [0.29, 0.717) is 0 Å². The van der Waals surface area contributed by atoms with Crippen molar-refractivity contribution >= 4 is 28.3 Å². The third-order valence-electron chi connectivity index (χ3n) is 15.3. The molecule has 2 aromatic carbocycles. The zero-order valence-corrected chi connectivity index (χ0v) is 32.8. The van der Waals surface area contributed by atoms with E-state index >= 15 is 0 Å². The Kier molecular flexibility index (Phi) is 8.36. The van der Waals surface area contributed by atoms with Gasteiger partial charge in [0, 0.05) is 30.7 Å². The maximum atomic E-state index is 5.02. The maximum Gasteiger partial charge on any atom is 0.146 e.